The zero-order valence-electron chi connectivity index (χ0n) is 9.15. The lowest BCUT2D eigenvalue weighted by atomic mass is 10.1. The summed E-state index contributed by atoms with van der Waals surface area (Å²) < 4.78 is 5.02. The van der Waals surface area contributed by atoms with Gasteiger partial charge in [0.15, 0.2) is 0 Å². The second-order valence-electron chi connectivity index (χ2n) is 4.34. The quantitative estimate of drug-likeness (QED) is 0.706. The summed E-state index contributed by atoms with van der Waals surface area (Å²) >= 11 is 0. The van der Waals surface area contributed by atoms with E-state index < -0.39 is 0 Å². The molecule has 2 heterocycles. The molecule has 0 spiro atoms. The smallest absolute Gasteiger partial charge is 0.416 e. The number of anilines is 1. The molecule has 0 aromatic carbocycles. The maximum absolute atomic E-state index is 11.6. The summed E-state index contributed by atoms with van der Waals surface area (Å²) in [5.41, 5.74) is 0.570. The average molecular weight is 206 g/mol. The number of cyclic esters (lactones) is 1. The summed E-state index contributed by atoms with van der Waals surface area (Å²) in [4.78, 5) is 17.5. The van der Waals surface area contributed by atoms with Crippen molar-refractivity contribution < 1.29 is 9.53 Å². The number of carbonyl (C=O) groups is 1. The number of aryl methyl sites for hydroxylation is 1. The Labute approximate surface area is 88.9 Å². The number of rotatable bonds is 1. The molecule has 0 radical (unpaired) electrons. The molecule has 0 bridgehead atoms. The number of amides is 1. The Bertz CT molecular complexity index is 401. The van der Waals surface area contributed by atoms with Gasteiger partial charge in [-0.1, -0.05) is 6.07 Å². The second kappa shape index (κ2) is 3.22. The fourth-order valence-electron chi connectivity index (χ4n) is 1.67. The number of aromatic nitrogens is 1. The monoisotopic (exact) mass is 206 g/mol. The van der Waals surface area contributed by atoms with E-state index in [1.165, 1.54) is 0 Å². The van der Waals surface area contributed by atoms with E-state index in [4.69, 9.17) is 4.74 Å². The van der Waals surface area contributed by atoms with E-state index in [9.17, 15) is 4.79 Å². The van der Waals surface area contributed by atoms with Crippen molar-refractivity contribution in [2.45, 2.75) is 26.3 Å². The van der Waals surface area contributed by atoms with Crippen molar-refractivity contribution in [1.82, 2.24) is 4.98 Å². The molecule has 0 atom stereocenters. The molecular formula is C11H14N2O2. The van der Waals surface area contributed by atoms with Crippen LogP contribution in [-0.4, -0.2) is 23.2 Å². The fourth-order valence-corrected chi connectivity index (χ4v) is 1.67. The van der Waals surface area contributed by atoms with Crippen LogP contribution in [0.4, 0.5) is 10.6 Å². The van der Waals surface area contributed by atoms with Gasteiger partial charge in [-0.25, -0.2) is 9.78 Å². The topological polar surface area (TPSA) is 42.4 Å². The minimum Gasteiger partial charge on any atom is -0.447 e. The summed E-state index contributed by atoms with van der Waals surface area (Å²) in [6, 6.07) is 5.61. The molecule has 1 aliphatic rings. The minimum atomic E-state index is -0.322. The average Bonchev–Trinajstić information content (AvgIpc) is 2.40. The maximum atomic E-state index is 11.6. The molecule has 0 unspecified atom stereocenters. The van der Waals surface area contributed by atoms with Crippen LogP contribution in [0.2, 0.25) is 0 Å². The maximum Gasteiger partial charge on any atom is 0.416 e. The van der Waals surface area contributed by atoms with Gasteiger partial charge in [-0.05, 0) is 32.9 Å². The van der Waals surface area contributed by atoms with Crippen molar-refractivity contribution in [2.75, 3.05) is 11.5 Å². The fraction of sp³-hybridized carbons (Fsp3) is 0.455. The number of hydrogen-bond donors (Lipinski definition) is 0. The molecule has 1 saturated heterocycles. The van der Waals surface area contributed by atoms with Crippen molar-refractivity contribution in [3.05, 3.63) is 23.9 Å². The van der Waals surface area contributed by atoms with Gasteiger partial charge in [0.2, 0.25) is 0 Å². The Morgan fingerprint density at radius 2 is 2.20 bits per heavy atom. The largest absolute Gasteiger partial charge is 0.447 e. The van der Waals surface area contributed by atoms with Gasteiger partial charge in [-0.15, -0.1) is 0 Å². The van der Waals surface area contributed by atoms with E-state index in [-0.39, 0.29) is 11.6 Å². The van der Waals surface area contributed by atoms with Crippen LogP contribution < -0.4 is 4.90 Å². The van der Waals surface area contributed by atoms with Gasteiger partial charge in [0, 0.05) is 5.69 Å². The molecule has 0 aliphatic carbocycles. The van der Waals surface area contributed by atoms with Gasteiger partial charge in [0.25, 0.3) is 0 Å². The first kappa shape index (κ1) is 9.96. The molecule has 0 saturated carbocycles. The number of pyridine rings is 1. The van der Waals surface area contributed by atoms with Crippen molar-refractivity contribution >= 4 is 11.9 Å². The van der Waals surface area contributed by atoms with Crippen molar-refractivity contribution in [3.63, 3.8) is 0 Å². The molecule has 15 heavy (non-hydrogen) atoms. The van der Waals surface area contributed by atoms with Crippen LogP contribution in [0.3, 0.4) is 0 Å². The highest BCUT2D eigenvalue weighted by atomic mass is 16.6. The van der Waals surface area contributed by atoms with E-state index in [1.54, 1.807) is 4.90 Å². The number of carbonyl (C=O) groups excluding carboxylic acids is 1. The first-order valence-corrected chi connectivity index (χ1v) is 4.91. The third-order valence-corrected chi connectivity index (χ3v) is 2.44. The van der Waals surface area contributed by atoms with E-state index in [2.05, 4.69) is 4.98 Å². The normalized spacial score (nSPS) is 19.1. The highest BCUT2D eigenvalue weighted by Crippen LogP contribution is 2.28. The van der Waals surface area contributed by atoms with Crippen LogP contribution in [0.15, 0.2) is 18.2 Å². The van der Waals surface area contributed by atoms with Crippen LogP contribution in [0, 0.1) is 6.92 Å². The van der Waals surface area contributed by atoms with Gasteiger partial charge < -0.3 is 4.74 Å². The second-order valence-corrected chi connectivity index (χ2v) is 4.34. The zero-order valence-corrected chi connectivity index (χ0v) is 9.15. The summed E-state index contributed by atoms with van der Waals surface area (Å²) in [6.45, 7) is 6.23. The Balaban J connectivity index is 2.41. The first-order chi connectivity index (χ1) is 7.00. The molecule has 0 N–H and O–H groups in total. The molecule has 1 amide bonds. The molecule has 1 fully saturated rings. The lowest BCUT2D eigenvalue weighted by molar-refractivity contribution is 0.175. The third-order valence-electron chi connectivity index (χ3n) is 2.44. The molecule has 4 nitrogen and oxygen atoms in total. The summed E-state index contributed by atoms with van der Waals surface area (Å²) in [7, 11) is 0. The summed E-state index contributed by atoms with van der Waals surface area (Å²) in [5.74, 6) is 0.655. The third kappa shape index (κ3) is 1.67. The van der Waals surface area contributed by atoms with Gasteiger partial charge in [0.1, 0.15) is 12.4 Å². The standard InChI is InChI=1S/C11H14N2O2/c1-8-5-4-6-9(12-8)13-10(14)15-7-11(13,2)3/h4-6H,7H2,1-3H3. The predicted molar refractivity (Wildman–Crippen MR) is 56.9 cm³/mol. The molecule has 1 aliphatic heterocycles. The molecular weight excluding hydrogens is 192 g/mol. The highest BCUT2D eigenvalue weighted by Gasteiger charge is 2.41. The number of nitrogens with zero attached hydrogens (tertiary/aromatic N) is 2. The van der Waals surface area contributed by atoms with E-state index >= 15 is 0 Å². The Morgan fingerprint density at radius 1 is 1.47 bits per heavy atom. The van der Waals surface area contributed by atoms with Crippen LogP contribution in [0.5, 0.6) is 0 Å². The molecule has 4 heteroatoms. The lowest BCUT2D eigenvalue weighted by Gasteiger charge is -2.26. The van der Waals surface area contributed by atoms with Crippen molar-refractivity contribution in [3.8, 4) is 0 Å². The number of hydrogen-bond acceptors (Lipinski definition) is 3. The summed E-state index contributed by atoms with van der Waals surface area (Å²) in [5, 5.41) is 0. The van der Waals surface area contributed by atoms with Crippen LogP contribution in [0.1, 0.15) is 19.5 Å². The molecule has 2 rings (SSSR count). The van der Waals surface area contributed by atoms with Gasteiger partial charge in [-0.3, -0.25) is 4.90 Å². The Hall–Kier alpha value is -1.58. The summed E-state index contributed by atoms with van der Waals surface area (Å²) in [6.07, 6.45) is -0.321. The SMILES string of the molecule is Cc1cccc(N2C(=O)OCC2(C)C)n1. The van der Waals surface area contributed by atoms with E-state index in [0.29, 0.717) is 12.4 Å². The van der Waals surface area contributed by atoms with Crippen molar-refractivity contribution in [2.24, 2.45) is 0 Å². The van der Waals surface area contributed by atoms with Gasteiger partial charge in [0.05, 0.1) is 5.54 Å². The molecule has 1 aromatic rings. The van der Waals surface area contributed by atoms with Crippen LogP contribution >= 0.6 is 0 Å². The predicted octanol–water partition coefficient (Wildman–Crippen LogP) is 2.13. The van der Waals surface area contributed by atoms with Gasteiger partial charge in [-0.2, -0.15) is 0 Å². The molecule has 80 valence electrons. The Kier molecular flexibility index (Phi) is 2.14. The van der Waals surface area contributed by atoms with Gasteiger partial charge >= 0.3 is 6.09 Å². The van der Waals surface area contributed by atoms with Crippen molar-refractivity contribution in [1.29, 1.82) is 0 Å². The van der Waals surface area contributed by atoms with Crippen LogP contribution in [-0.2, 0) is 4.74 Å². The first-order valence-electron chi connectivity index (χ1n) is 4.91. The van der Waals surface area contributed by atoms with Crippen LogP contribution in [0.25, 0.3) is 0 Å². The van der Waals surface area contributed by atoms with E-state index in [1.807, 2.05) is 39.0 Å². The van der Waals surface area contributed by atoms with E-state index in [0.717, 1.165) is 5.69 Å². The molecule has 1 aromatic heterocycles. The number of ether oxygens (including phenoxy) is 1. The highest BCUT2D eigenvalue weighted by molar-refractivity contribution is 5.90. The zero-order chi connectivity index (χ0) is 11.1. The minimum absolute atomic E-state index is 0.321. The Morgan fingerprint density at radius 3 is 2.73 bits per heavy atom. The lowest BCUT2D eigenvalue weighted by Crippen LogP contribution is -2.42.